The van der Waals surface area contributed by atoms with Gasteiger partial charge >= 0.3 is 0 Å². The van der Waals surface area contributed by atoms with E-state index < -0.39 is 0 Å². The summed E-state index contributed by atoms with van der Waals surface area (Å²) in [7, 11) is 0. The number of rotatable bonds is 4. The highest BCUT2D eigenvalue weighted by atomic mass is 19.1. The van der Waals surface area contributed by atoms with Gasteiger partial charge in [0.05, 0.1) is 12.1 Å². The maximum absolute atomic E-state index is 12.9. The zero-order chi connectivity index (χ0) is 17.9. The number of anilines is 1. The second-order valence-electron chi connectivity index (χ2n) is 5.74. The zero-order valence-electron chi connectivity index (χ0n) is 13.6. The first-order valence-electron chi connectivity index (χ1n) is 7.98. The molecule has 0 aliphatic heterocycles. The molecule has 2 N–H and O–H groups in total. The molecule has 3 heterocycles. The molecule has 0 unspecified atom stereocenters. The SMILES string of the molecule is O=C(Cc1ccc(F)cc1)Nc1cc(-c2c[nH]c3ncccc23)ncn1. The minimum atomic E-state index is -0.331. The summed E-state index contributed by atoms with van der Waals surface area (Å²) in [6, 6.07) is 11.3. The lowest BCUT2D eigenvalue weighted by atomic mass is 10.1. The van der Waals surface area contributed by atoms with Crippen molar-refractivity contribution in [1.82, 2.24) is 19.9 Å². The summed E-state index contributed by atoms with van der Waals surface area (Å²) in [6.07, 6.45) is 5.07. The van der Waals surface area contributed by atoms with Crippen LogP contribution in [0.3, 0.4) is 0 Å². The van der Waals surface area contributed by atoms with E-state index in [4.69, 9.17) is 0 Å². The molecule has 0 aliphatic rings. The van der Waals surface area contributed by atoms with Crippen LogP contribution < -0.4 is 5.32 Å². The predicted octanol–water partition coefficient (Wildman–Crippen LogP) is 3.34. The van der Waals surface area contributed by atoms with Gasteiger partial charge in [-0.3, -0.25) is 4.79 Å². The lowest BCUT2D eigenvalue weighted by Crippen LogP contribution is -2.15. The van der Waals surface area contributed by atoms with Crippen molar-refractivity contribution in [2.24, 2.45) is 0 Å². The molecule has 0 fully saturated rings. The number of pyridine rings is 1. The molecule has 6 nitrogen and oxygen atoms in total. The van der Waals surface area contributed by atoms with Crippen LogP contribution in [0.25, 0.3) is 22.3 Å². The van der Waals surface area contributed by atoms with Gasteiger partial charge in [-0.1, -0.05) is 12.1 Å². The fourth-order valence-electron chi connectivity index (χ4n) is 2.72. The fraction of sp³-hybridized carbons (Fsp3) is 0.0526. The topological polar surface area (TPSA) is 83.6 Å². The zero-order valence-corrected chi connectivity index (χ0v) is 13.6. The lowest BCUT2D eigenvalue weighted by Gasteiger charge is -2.06. The Bertz CT molecular complexity index is 1070. The van der Waals surface area contributed by atoms with Gasteiger partial charge in [0.1, 0.15) is 23.6 Å². The number of carbonyl (C=O) groups excluding carboxylic acids is 1. The van der Waals surface area contributed by atoms with Gasteiger partial charge in [0.25, 0.3) is 0 Å². The largest absolute Gasteiger partial charge is 0.345 e. The molecular weight excluding hydrogens is 333 g/mol. The number of halogens is 1. The van der Waals surface area contributed by atoms with Crippen molar-refractivity contribution in [3.8, 4) is 11.3 Å². The minimum absolute atomic E-state index is 0.136. The molecule has 1 aromatic carbocycles. The number of nitrogens with one attached hydrogen (secondary N) is 2. The van der Waals surface area contributed by atoms with E-state index in [1.54, 1.807) is 24.4 Å². The number of carbonyl (C=O) groups is 1. The van der Waals surface area contributed by atoms with E-state index in [9.17, 15) is 9.18 Å². The summed E-state index contributed by atoms with van der Waals surface area (Å²) in [6.45, 7) is 0. The number of aromatic amines is 1. The van der Waals surface area contributed by atoms with E-state index in [-0.39, 0.29) is 18.1 Å². The number of amides is 1. The Morgan fingerprint density at radius 2 is 1.96 bits per heavy atom. The Kier molecular flexibility index (Phi) is 4.10. The van der Waals surface area contributed by atoms with E-state index in [1.807, 2.05) is 18.3 Å². The Morgan fingerprint density at radius 3 is 2.81 bits per heavy atom. The highest BCUT2D eigenvalue weighted by Crippen LogP contribution is 2.26. The second kappa shape index (κ2) is 6.72. The fourth-order valence-corrected chi connectivity index (χ4v) is 2.72. The Balaban J connectivity index is 1.54. The Hall–Kier alpha value is -3.61. The molecule has 4 aromatic rings. The number of hydrogen-bond acceptors (Lipinski definition) is 4. The Labute approximate surface area is 148 Å². The molecule has 3 aromatic heterocycles. The van der Waals surface area contributed by atoms with Crippen LogP contribution in [0.1, 0.15) is 5.56 Å². The molecule has 0 spiro atoms. The van der Waals surface area contributed by atoms with Crippen LogP contribution in [0.15, 0.2) is 61.2 Å². The van der Waals surface area contributed by atoms with Crippen molar-refractivity contribution < 1.29 is 9.18 Å². The van der Waals surface area contributed by atoms with Crippen molar-refractivity contribution in [3.63, 3.8) is 0 Å². The van der Waals surface area contributed by atoms with E-state index in [1.165, 1.54) is 18.5 Å². The molecule has 128 valence electrons. The van der Waals surface area contributed by atoms with Crippen LogP contribution in [0, 0.1) is 5.82 Å². The number of H-pyrrole nitrogens is 1. The lowest BCUT2D eigenvalue weighted by molar-refractivity contribution is -0.115. The number of fused-ring (bicyclic) bond motifs is 1. The third-order valence-electron chi connectivity index (χ3n) is 3.94. The van der Waals surface area contributed by atoms with Crippen LogP contribution in [0.5, 0.6) is 0 Å². The summed E-state index contributed by atoms with van der Waals surface area (Å²) in [5, 5.41) is 3.69. The first-order chi connectivity index (χ1) is 12.7. The predicted molar refractivity (Wildman–Crippen MR) is 95.9 cm³/mol. The van der Waals surface area contributed by atoms with Gasteiger partial charge in [-0.05, 0) is 29.8 Å². The van der Waals surface area contributed by atoms with Crippen molar-refractivity contribution in [2.45, 2.75) is 6.42 Å². The minimum Gasteiger partial charge on any atom is -0.345 e. The summed E-state index contributed by atoms with van der Waals surface area (Å²) < 4.78 is 12.9. The normalized spacial score (nSPS) is 10.8. The summed E-state index contributed by atoms with van der Waals surface area (Å²) in [5.41, 5.74) is 3.05. The summed E-state index contributed by atoms with van der Waals surface area (Å²) >= 11 is 0. The van der Waals surface area contributed by atoms with Crippen molar-refractivity contribution >= 4 is 22.8 Å². The number of hydrogen-bond donors (Lipinski definition) is 2. The molecule has 0 saturated carbocycles. The highest BCUT2D eigenvalue weighted by molar-refractivity contribution is 5.94. The molecule has 0 radical (unpaired) electrons. The Morgan fingerprint density at radius 1 is 1.12 bits per heavy atom. The van der Waals surface area contributed by atoms with Crippen LogP contribution >= 0.6 is 0 Å². The average Bonchev–Trinajstić information content (AvgIpc) is 3.08. The highest BCUT2D eigenvalue weighted by Gasteiger charge is 2.10. The summed E-state index contributed by atoms with van der Waals surface area (Å²) in [4.78, 5) is 27.9. The van der Waals surface area contributed by atoms with Gasteiger partial charge in [-0.2, -0.15) is 0 Å². The van der Waals surface area contributed by atoms with E-state index in [0.717, 1.165) is 22.2 Å². The van der Waals surface area contributed by atoms with Crippen LogP contribution in [0.2, 0.25) is 0 Å². The number of nitrogens with zero attached hydrogens (tertiary/aromatic N) is 3. The van der Waals surface area contributed by atoms with Crippen LogP contribution in [-0.4, -0.2) is 25.8 Å². The third-order valence-corrected chi connectivity index (χ3v) is 3.94. The van der Waals surface area contributed by atoms with E-state index in [0.29, 0.717) is 11.5 Å². The summed E-state index contributed by atoms with van der Waals surface area (Å²) in [5.74, 6) is -0.162. The first-order valence-corrected chi connectivity index (χ1v) is 7.98. The van der Waals surface area contributed by atoms with Crippen molar-refractivity contribution in [2.75, 3.05) is 5.32 Å². The van der Waals surface area contributed by atoms with Gasteiger partial charge in [0.2, 0.25) is 5.91 Å². The molecular formula is C19H14FN5O. The smallest absolute Gasteiger partial charge is 0.229 e. The molecule has 26 heavy (non-hydrogen) atoms. The van der Waals surface area contributed by atoms with Crippen molar-refractivity contribution in [1.29, 1.82) is 0 Å². The van der Waals surface area contributed by atoms with Gasteiger partial charge in [0, 0.05) is 29.4 Å². The maximum atomic E-state index is 12.9. The first kappa shape index (κ1) is 15.9. The molecule has 1 amide bonds. The van der Waals surface area contributed by atoms with E-state index >= 15 is 0 Å². The molecule has 0 bridgehead atoms. The molecule has 0 atom stereocenters. The second-order valence-corrected chi connectivity index (χ2v) is 5.74. The van der Waals surface area contributed by atoms with Crippen LogP contribution in [0.4, 0.5) is 10.2 Å². The molecule has 0 saturated heterocycles. The standard InChI is InChI=1S/C19H14FN5O/c20-13-5-3-12(4-6-13)8-18(26)25-17-9-16(23-11-24-17)15-10-22-19-14(15)2-1-7-21-19/h1-7,9-11H,8H2,(H,21,22)(H,23,24,25,26). The number of aromatic nitrogens is 4. The number of benzene rings is 1. The third kappa shape index (κ3) is 3.27. The molecule has 0 aliphatic carbocycles. The maximum Gasteiger partial charge on any atom is 0.229 e. The average molecular weight is 347 g/mol. The van der Waals surface area contributed by atoms with Crippen LogP contribution in [-0.2, 0) is 11.2 Å². The van der Waals surface area contributed by atoms with E-state index in [2.05, 4.69) is 25.3 Å². The monoisotopic (exact) mass is 347 g/mol. The molecule has 7 heteroatoms. The van der Waals surface area contributed by atoms with Gasteiger partial charge in [-0.15, -0.1) is 0 Å². The van der Waals surface area contributed by atoms with Gasteiger partial charge < -0.3 is 10.3 Å². The quantitative estimate of drug-likeness (QED) is 0.593. The van der Waals surface area contributed by atoms with Crippen molar-refractivity contribution in [3.05, 3.63) is 72.6 Å². The molecule has 4 rings (SSSR count). The van der Waals surface area contributed by atoms with Gasteiger partial charge in [-0.25, -0.2) is 19.3 Å². The van der Waals surface area contributed by atoms with Gasteiger partial charge in [0.15, 0.2) is 0 Å².